The Bertz CT molecular complexity index is 926. The number of benzene rings is 1. The molecule has 0 fully saturated rings. The van der Waals surface area contributed by atoms with Crippen LogP contribution in [0, 0.1) is 0 Å². The molecule has 0 aliphatic rings. The molecule has 132 valence electrons. The van der Waals surface area contributed by atoms with Crippen LogP contribution in [0.3, 0.4) is 0 Å². The van der Waals surface area contributed by atoms with E-state index in [1.54, 1.807) is 12.3 Å². The van der Waals surface area contributed by atoms with Crippen molar-refractivity contribution in [1.29, 1.82) is 0 Å². The van der Waals surface area contributed by atoms with Crippen LogP contribution >= 0.6 is 0 Å². The second-order valence-corrected chi connectivity index (χ2v) is 5.82. The third-order valence-corrected chi connectivity index (χ3v) is 3.87. The molecule has 26 heavy (non-hydrogen) atoms. The summed E-state index contributed by atoms with van der Waals surface area (Å²) in [5, 5.41) is 6.15. The summed E-state index contributed by atoms with van der Waals surface area (Å²) in [6, 6.07) is 14.7. The average molecular weight is 348 g/mol. The van der Waals surface area contributed by atoms with Crippen molar-refractivity contribution < 1.29 is 9.59 Å². The molecule has 1 aromatic carbocycles. The molecule has 2 amide bonds. The highest BCUT2D eigenvalue weighted by Crippen LogP contribution is 2.23. The standard InChI is InChI=1S/C20H20N4O2/c1-2-10-22-19(25)13-23-20(26)15-12-18(17-9-5-6-11-21-17)24-16-8-4-3-7-14(15)16/h3-9,11-12H,2,10,13H2,1H3,(H,22,25)(H,23,26). The molecular weight excluding hydrogens is 328 g/mol. The monoisotopic (exact) mass is 348 g/mol. The highest BCUT2D eigenvalue weighted by Gasteiger charge is 2.15. The van der Waals surface area contributed by atoms with Crippen molar-refractivity contribution in [3.63, 3.8) is 0 Å². The van der Waals surface area contributed by atoms with Crippen LogP contribution in [0.5, 0.6) is 0 Å². The average Bonchev–Trinajstić information content (AvgIpc) is 2.70. The number of pyridine rings is 2. The molecular formula is C20H20N4O2. The van der Waals surface area contributed by atoms with Gasteiger partial charge in [-0.2, -0.15) is 0 Å². The van der Waals surface area contributed by atoms with E-state index in [0.717, 1.165) is 11.8 Å². The van der Waals surface area contributed by atoms with Crippen molar-refractivity contribution >= 4 is 22.7 Å². The van der Waals surface area contributed by atoms with E-state index in [1.807, 2.05) is 49.4 Å². The molecule has 6 nitrogen and oxygen atoms in total. The SMILES string of the molecule is CCCNC(=O)CNC(=O)c1cc(-c2ccccn2)nc2ccccc12. The first-order chi connectivity index (χ1) is 12.7. The second-order valence-electron chi connectivity index (χ2n) is 5.82. The molecule has 0 radical (unpaired) electrons. The predicted octanol–water partition coefficient (Wildman–Crippen LogP) is 2.55. The van der Waals surface area contributed by atoms with Gasteiger partial charge in [0.15, 0.2) is 0 Å². The number of nitrogens with one attached hydrogen (secondary N) is 2. The Morgan fingerprint density at radius 2 is 1.81 bits per heavy atom. The van der Waals surface area contributed by atoms with Gasteiger partial charge >= 0.3 is 0 Å². The van der Waals surface area contributed by atoms with E-state index in [0.29, 0.717) is 29.0 Å². The van der Waals surface area contributed by atoms with Crippen molar-refractivity contribution in [3.05, 3.63) is 60.3 Å². The van der Waals surface area contributed by atoms with Gasteiger partial charge in [0.25, 0.3) is 5.91 Å². The van der Waals surface area contributed by atoms with E-state index in [2.05, 4.69) is 20.6 Å². The first-order valence-electron chi connectivity index (χ1n) is 8.55. The number of nitrogens with zero attached hydrogens (tertiary/aromatic N) is 2. The van der Waals surface area contributed by atoms with Crippen LogP contribution in [0.25, 0.3) is 22.3 Å². The van der Waals surface area contributed by atoms with E-state index >= 15 is 0 Å². The molecule has 2 heterocycles. The van der Waals surface area contributed by atoms with Crippen LogP contribution < -0.4 is 10.6 Å². The third-order valence-electron chi connectivity index (χ3n) is 3.87. The van der Waals surface area contributed by atoms with Crippen molar-refractivity contribution in [2.45, 2.75) is 13.3 Å². The number of rotatable bonds is 6. The fourth-order valence-corrected chi connectivity index (χ4v) is 2.59. The highest BCUT2D eigenvalue weighted by molar-refractivity contribution is 6.07. The van der Waals surface area contributed by atoms with Gasteiger partial charge in [0.2, 0.25) is 5.91 Å². The minimum atomic E-state index is -0.313. The van der Waals surface area contributed by atoms with Crippen molar-refractivity contribution in [2.24, 2.45) is 0 Å². The summed E-state index contributed by atoms with van der Waals surface area (Å²) in [5.41, 5.74) is 2.48. The van der Waals surface area contributed by atoms with Gasteiger partial charge in [-0.1, -0.05) is 31.2 Å². The fourth-order valence-electron chi connectivity index (χ4n) is 2.59. The summed E-state index contributed by atoms with van der Waals surface area (Å²) >= 11 is 0. The van der Waals surface area contributed by atoms with Crippen molar-refractivity contribution in [2.75, 3.05) is 13.1 Å². The molecule has 0 unspecified atom stereocenters. The normalized spacial score (nSPS) is 10.5. The van der Waals surface area contributed by atoms with E-state index in [-0.39, 0.29) is 18.4 Å². The van der Waals surface area contributed by atoms with Crippen LogP contribution in [-0.4, -0.2) is 34.9 Å². The van der Waals surface area contributed by atoms with Gasteiger partial charge in [-0.15, -0.1) is 0 Å². The zero-order valence-corrected chi connectivity index (χ0v) is 14.5. The minimum Gasteiger partial charge on any atom is -0.355 e. The second kappa shape index (κ2) is 8.20. The molecule has 3 rings (SSSR count). The maximum Gasteiger partial charge on any atom is 0.252 e. The van der Waals surface area contributed by atoms with Gasteiger partial charge < -0.3 is 10.6 Å². The molecule has 0 aliphatic heterocycles. The number of hydrogen-bond acceptors (Lipinski definition) is 4. The lowest BCUT2D eigenvalue weighted by Crippen LogP contribution is -2.37. The van der Waals surface area contributed by atoms with Gasteiger partial charge in [0.05, 0.1) is 29.0 Å². The molecule has 6 heteroatoms. The van der Waals surface area contributed by atoms with Crippen LogP contribution in [0.1, 0.15) is 23.7 Å². The lowest BCUT2D eigenvalue weighted by Gasteiger charge is -2.10. The first-order valence-corrected chi connectivity index (χ1v) is 8.55. The number of amides is 2. The van der Waals surface area contributed by atoms with Gasteiger partial charge in [-0.3, -0.25) is 14.6 Å². The molecule has 0 saturated heterocycles. The van der Waals surface area contributed by atoms with E-state index in [9.17, 15) is 9.59 Å². The van der Waals surface area contributed by atoms with E-state index in [1.165, 1.54) is 0 Å². The summed E-state index contributed by atoms with van der Waals surface area (Å²) in [7, 11) is 0. The quantitative estimate of drug-likeness (QED) is 0.717. The largest absolute Gasteiger partial charge is 0.355 e. The van der Waals surface area contributed by atoms with Gasteiger partial charge in [-0.25, -0.2) is 4.98 Å². The smallest absolute Gasteiger partial charge is 0.252 e. The maximum atomic E-state index is 12.7. The molecule has 0 saturated carbocycles. The van der Waals surface area contributed by atoms with Crippen molar-refractivity contribution in [1.82, 2.24) is 20.6 Å². The van der Waals surface area contributed by atoms with Gasteiger partial charge in [-0.05, 0) is 30.7 Å². The topological polar surface area (TPSA) is 84.0 Å². The molecule has 3 aromatic rings. The Balaban J connectivity index is 1.91. The summed E-state index contributed by atoms with van der Waals surface area (Å²) < 4.78 is 0. The van der Waals surface area contributed by atoms with Crippen LogP contribution in [0.2, 0.25) is 0 Å². The molecule has 0 atom stereocenters. The Morgan fingerprint density at radius 1 is 1.00 bits per heavy atom. The summed E-state index contributed by atoms with van der Waals surface area (Å²) in [4.78, 5) is 33.3. The molecule has 0 bridgehead atoms. The molecule has 0 aliphatic carbocycles. The number of carbonyl (C=O) groups is 2. The Morgan fingerprint density at radius 3 is 2.58 bits per heavy atom. The zero-order chi connectivity index (χ0) is 18.4. The van der Waals surface area contributed by atoms with Crippen LogP contribution in [0.4, 0.5) is 0 Å². The summed E-state index contributed by atoms with van der Waals surface area (Å²) in [6.45, 7) is 2.51. The van der Waals surface area contributed by atoms with E-state index < -0.39 is 0 Å². The number of carbonyl (C=O) groups excluding carboxylic acids is 2. The zero-order valence-electron chi connectivity index (χ0n) is 14.5. The molecule has 2 aromatic heterocycles. The Kier molecular flexibility index (Phi) is 5.53. The van der Waals surface area contributed by atoms with E-state index in [4.69, 9.17) is 0 Å². The number of fused-ring (bicyclic) bond motifs is 1. The third kappa shape index (κ3) is 4.03. The fraction of sp³-hybridized carbons (Fsp3) is 0.200. The highest BCUT2D eigenvalue weighted by atomic mass is 16.2. The molecule has 0 spiro atoms. The predicted molar refractivity (Wildman–Crippen MR) is 101 cm³/mol. The lowest BCUT2D eigenvalue weighted by atomic mass is 10.1. The van der Waals surface area contributed by atoms with Crippen molar-refractivity contribution in [3.8, 4) is 11.4 Å². The summed E-state index contributed by atoms with van der Waals surface area (Å²) in [5.74, 6) is -0.518. The Hall–Kier alpha value is -3.28. The number of hydrogen-bond donors (Lipinski definition) is 2. The van der Waals surface area contributed by atoms with Gasteiger partial charge in [0, 0.05) is 18.1 Å². The first kappa shape index (κ1) is 17.5. The lowest BCUT2D eigenvalue weighted by molar-refractivity contribution is -0.120. The Labute approximate surface area is 151 Å². The van der Waals surface area contributed by atoms with Crippen LogP contribution in [0.15, 0.2) is 54.7 Å². The minimum absolute atomic E-state index is 0.0611. The van der Waals surface area contributed by atoms with Crippen LogP contribution in [-0.2, 0) is 4.79 Å². The number of para-hydroxylation sites is 1. The van der Waals surface area contributed by atoms with Gasteiger partial charge in [0.1, 0.15) is 0 Å². The molecule has 2 N–H and O–H groups in total. The summed E-state index contributed by atoms with van der Waals surface area (Å²) in [6.07, 6.45) is 2.53. The number of aromatic nitrogens is 2. The maximum absolute atomic E-state index is 12.7.